The molecule has 82 valence electrons. The average Bonchev–Trinajstić information content (AvgIpc) is 2.38. The molecule has 2 aromatic rings. The number of nitrogens with one attached hydrogen (secondary N) is 1. The third-order valence-electron chi connectivity index (χ3n) is 2.27. The van der Waals surface area contributed by atoms with Gasteiger partial charge in [-0.3, -0.25) is 4.98 Å². The van der Waals surface area contributed by atoms with Gasteiger partial charge in [0.1, 0.15) is 11.6 Å². The van der Waals surface area contributed by atoms with Crippen LogP contribution in [-0.4, -0.2) is 24.1 Å². The molecule has 4 heteroatoms. The van der Waals surface area contributed by atoms with Crippen molar-refractivity contribution in [2.45, 2.75) is 0 Å². The van der Waals surface area contributed by atoms with E-state index in [1.165, 1.54) is 0 Å². The van der Waals surface area contributed by atoms with Gasteiger partial charge in [0.05, 0.1) is 25.2 Å². The van der Waals surface area contributed by atoms with Crippen molar-refractivity contribution >= 4 is 5.82 Å². The lowest BCUT2D eigenvalue weighted by molar-refractivity contribution is 0.416. The van der Waals surface area contributed by atoms with Crippen LogP contribution in [0.15, 0.2) is 36.7 Å². The van der Waals surface area contributed by atoms with E-state index in [-0.39, 0.29) is 0 Å². The molecule has 1 aromatic carbocycles. The zero-order chi connectivity index (χ0) is 11.4. The fourth-order valence-corrected chi connectivity index (χ4v) is 1.47. The molecule has 0 radical (unpaired) electrons. The molecule has 0 fully saturated rings. The molecule has 0 saturated heterocycles. The molecule has 0 unspecified atom stereocenters. The second-order valence-electron chi connectivity index (χ2n) is 3.24. The topological polar surface area (TPSA) is 47.0 Å². The summed E-state index contributed by atoms with van der Waals surface area (Å²) in [6.07, 6.45) is 3.40. The number of anilines is 1. The highest BCUT2D eigenvalue weighted by atomic mass is 16.5. The van der Waals surface area contributed by atoms with Crippen LogP contribution < -0.4 is 10.1 Å². The first kappa shape index (κ1) is 10.4. The van der Waals surface area contributed by atoms with Gasteiger partial charge in [-0.05, 0) is 12.1 Å². The van der Waals surface area contributed by atoms with Crippen LogP contribution in [0.5, 0.6) is 5.75 Å². The maximum atomic E-state index is 5.29. The summed E-state index contributed by atoms with van der Waals surface area (Å²) in [6, 6.07) is 7.74. The molecule has 0 aliphatic rings. The van der Waals surface area contributed by atoms with Crippen molar-refractivity contribution < 1.29 is 4.74 Å². The highest BCUT2D eigenvalue weighted by Gasteiger charge is 2.06. The molecule has 0 atom stereocenters. The Kier molecular flexibility index (Phi) is 3.00. The van der Waals surface area contributed by atoms with Gasteiger partial charge in [0.25, 0.3) is 0 Å². The number of methoxy groups -OCH3 is 1. The number of para-hydroxylation sites is 1. The van der Waals surface area contributed by atoms with Gasteiger partial charge >= 0.3 is 0 Å². The molecular weight excluding hydrogens is 202 g/mol. The minimum Gasteiger partial charge on any atom is -0.496 e. The van der Waals surface area contributed by atoms with E-state index >= 15 is 0 Å². The number of benzene rings is 1. The van der Waals surface area contributed by atoms with Crippen molar-refractivity contribution in [2.75, 3.05) is 19.5 Å². The van der Waals surface area contributed by atoms with Crippen LogP contribution in [0.3, 0.4) is 0 Å². The Morgan fingerprint density at radius 3 is 2.75 bits per heavy atom. The van der Waals surface area contributed by atoms with Crippen LogP contribution >= 0.6 is 0 Å². The molecule has 16 heavy (non-hydrogen) atoms. The monoisotopic (exact) mass is 215 g/mol. The number of aromatic nitrogens is 2. The van der Waals surface area contributed by atoms with E-state index in [2.05, 4.69) is 15.3 Å². The van der Waals surface area contributed by atoms with Gasteiger partial charge in [0.15, 0.2) is 0 Å². The third-order valence-corrected chi connectivity index (χ3v) is 2.27. The first-order chi connectivity index (χ1) is 7.85. The summed E-state index contributed by atoms with van der Waals surface area (Å²) < 4.78 is 5.29. The zero-order valence-corrected chi connectivity index (χ0v) is 9.27. The van der Waals surface area contributed by atoms with Gasteiger partial charge < -0.3 is 10.1 Å². The lowest BCUT2D eigenvalue weighted by atomic mass is 10.1. The fourth-order valence-electron chi connectivity index (χ4n) is 1.47. The molecular formula is C12H13N3O. The number of hydrogen-bond acceptors (Lipinski definition) is 4. The summed E-state index contributed by atoms with van der Waals surface area (Å²) in [6.45, 7) is 0. The van der Waals surface area contributed by atoms with Crippen molar-refractivity contribution in [1.29, 1.82) is 0 Å². The van der Waals surface area contributed by atoms with E-state index in [0.717, 1.165) is 22.8 Å². The second-order valence-corrected chi connectivity index (χ2v) is 3.24. The minimum atomic E-state index is 0.739. The highest BCUT2D eigenvalue weighted by Crippen LogP contribution is 2.27. The van der Waals surface area contributed by atoms with Gasteiger partial charge in [-0.25, -0.2) is 4.98 Å². The fraction of sp³-hybridized carbons (Fsp3) is 0.167. The molecule has 4 nitrogen and oxygen atoms in total. The molecule has 0 bridgehead atoms. The van der Waals surface area contributed by atoms with Crippen LogP contribution in [0.2, 0.25) is 0 Å². The van der Waals surface area contributed by atoms with Gasteiger partial charge in [-0.2, -0.15) is 0 Å². The molecule has 0 aliphatic heterocycles. The molecule has 1 heterocycles. The Morgan fingerprint density at radius 1 is 1.19 bits per heavy atom. The number of rotatable bonds is 3. The summed E-state index contributed by atoms with van der Waals surface area (Å²) in [5.74, 6) is 1.54. The Bertz CT molecular complexity index is 485. The summed E-state index contributed by atoms with van der Waals surface area (Å²) in [5.41, 5.74) is 1.74. The molecule has 1 aromatic heterocycles. The minimum absolute atomic E-state index is 0.739. The van der Waals surface area contributed by atoms with Crippen molar-refractivity contribution in [1.82, 2.24) is 9.97 Å². The number of hydrogen-bond donors (Lipinski definition) is 1. The number of ether oxygens (including phenoxy) is 1. The van der Waals surface area contributed by atoms with E-state index < -0.39 is 0 Å². The summed E-state index contributed by atoms with van der Waals surface area (Å²) in [5, 5.41) is 2.96. The average molecular weight is 215 g/mol. The normalized spacial score (nSPS) is 9.88. The lowest BCUT2D eigenvalue weighted by Gasteiger charge is -2.08. The Balaban J connectivity index is 2.49. The van der Waals surface area contributed by atoms with Gasteiger partial charge in [-0.15, -0.1) is 0 Å². The van der Waals surface area contributed by atoms with Crippen LogP contribution in [0.4, 0.5) is 5.82 Å². The largest absolute Gasteiger partial charge is 0.496 e. The van der Waals surface area contributed by atoms with Crippen LogP contribution in [0, 0.1) is 0 Å². The first-order valence-corrected chi connectivity index (χ1v) is 4.98. The molecule has 0 spiro atoms. The van der Waals surface area contributed by atoms with Crippen LogP contribution in [0.1, 0.15) is 0 Å². The quantitative estimate of drug-likeness (QED) is 0.852. The van der Waals surface area contributed by atoms with Crippen molar-refractivity contribution in [3.63, 3.8) is 0 Å². The van der Waals surface area contributed by atoms with Gasteiger partial charge in [0, 0.05) is 12.6 Å². The lowest BCUT2D eigenvalue weighted by Crippen LogP contribution is -1.96. The van der Waals surface area contributed by atoms with E-state index in [1.54, 1.807) is 19.5 Å². The van der Waals surface area contributed by atoms with Crippen LogP contribution in [-0.2, 0) is 0 Å². The molecule has 0 saturated carbocycles. The van der Waals surface area contributed by atoms with Crippen molar-refractivity contribution in [2.24, 2.45) is 0 Å². The predicted molar refractivity (Wildman–Crippen MR) is 63.6 cm³/mol. The Labute approximate surface area is 94.3 Å². The predicted octanol–water partition coefficient (Wildman–Crippen LogP) is 2.19. The summed E-state index contributed by atoms with van der Waals surface area (Å²) in [7, 11) is 3.46. The van der Waals surface area contributed by atoms with E-state index in [4.69, 9.17) is 4.74 Å². The SMILES string of the molecule is CNc1cncc(-c2ccccc2OC)n1. The van der Waals surface area contributed by atoms with Gasteiger partial charge in [0.2, 0.25) is 0 Å². The first-order valence-electron chi connectivity index (χ1n) is 4.98. The van der Waals surface area contributed by atoms with Crippen molar-refractivity contribution in [3.8, 4) is 17.0 Å². The summed E-state index contributed by atoms with van der Waals surface area (Å²) in [4.78, 5) is 8.54. The van der Waals surface area contributed by atoms with Crippen LogP contribution in [0.25, 0.3) is 11.3 Å². The molecule has 2 rings (SSSR count). The zero-order valence-electron chi connectivity index (χ0n) is 9.27. The molecule has 1 N–H and O–H groups in total. The maximum absolute atomic E-state index is 5.29. The standard InChI is InChI=1S/C12H13N3O/c1-13-12-8-14-7-10(15-12)9-5-3-4-6-11(9)16-2/h3-8H,1-2H3,(H,13,15). The maximum Gasteiger partial charge on any atom is 0.144 e. The summed E-state index contributed by atoms with van der Waals surface area (Å²) >= 11 is 0. The van der Waals surface area contributed by atoms with E-state index in [0.29, 0.717) is 0 Å². The highest BCUT2D eigenvalue weighted by molar-refractivity contribution is 5.67. The Morgan fingerprint density at radius 2 is 2.00 bits per heavy atom. The molecule has 0 aliphatic carbocycles. The van der Waals surface area contributed by atoms with E-state index in [9.17, 15) is 0 Å². The smallest absolute Gasteiger partial charge is 0.144 e. The van der Waals surface area contributed by atoms with Crippen molar-refractivity contribution in [3.05, 3.63) is 36.7 Å². The van der Waals surface area contributed by atoms with Gasteiger partial charge in [-0.1, -0.05) is 12.1 Å². The third kappa shape index (κ3) is 1.95. The number of nitrogens with zero attached hydrogens (tertiary/aromatic N) is 2. The second kappa shape index (κ2) is 4.61. The molecule has 0 amide bonds. The van der Waals surface area contributed by atoms with E-state index in [1.807, 2.05) is 31.3 Å². The Hall–Kier alpha value is -2.10.